The highest BCUT2D eigenvalue weighted by Crippen LogP contribution is 2.19. The van der Waals surface area contributed by atoms with E-state index in [2.05, 4.69) is 10.3 Å². The number of likely N-dealkylation sites (N-methyl/N-ethyl adjacent to an activating group) is 1. The molecule has 0 unspecified atom stereocenters. The SMILES string of the molecule is CCNC(=O)[C@H](C)OC(=O)CCc1c[nH]c2ccccc12. The average molecular weight is 288 g/mol. The molecule has 1 aromatic carbocycles. The predicted molar refractivity (Wildman–Crippen MR) is 80.9 cm³/mol. The van der Waals surface area contributed by atoms with Crippen molar-refractivity contribution in [2.45, 2.75) is 32.8 Å². The number of aromatic amines is 1. The van der Waals surface area contributed by atoms with Gasteiger partial charge in [0.1, 0.15) is 0 Å². The second-order valence-corrected chi connectivity index (χ2v) is 4.89. The molecular formula is C16H20N2O3. The zero-order valence-corrected chi connectivity index (χ0v) is 12.3. The second kappa shape index (κ2) is 6.92. The van der Waals surface area contributed by atoms with Gasteiger partial charge < -0.3 is 15.0 Å². The van der Waals surface area contributed by atoms with E-state index in [4.69, 9.17) is 4.74 Å². The highest BCUT2D eigenvalue weighted by Gasteiger charge is 2.17. The van der Waals surface area contributed by atoms with Crippen molar-refractivity contribution in [1.29, 1.82) is 0 Å². The van der Waals surface area contributed by atoms with Crippen LogP contribution in [0.4, 0.5) is 0 Å². The van der Waals surface area contributed by atoms with Gasteiger partial charge in [0.15, 0.2) is 6.10 Å². The number of amides is 1. The lowest BCUT2D eigenvalue weighted by Crippen LogP contribution is -2.35. The zero-order valence-electron chi connectivity index (χ0n) is 12.3. The fraction of sp³-hybridized carbons (Fsp3) is 0.375. The van der Waals surface area contributed by atoms with Gasteiger partial charge in [-0.25, -0.2) is 0 Å². The van der Waals surface area contributed by atoms with Crippen LogP contribution < -0.4 is 5.32 Å². The van der Waals surface area contributed by atoms with Crippen molar-refractivity contribution in [3.05, 3.63) is 36.0 Å². The lowest BCUT2D eigenvalue weighted by molar-refractivity contribution is -0.154. The first kappa shape index (κ1) is 15.1. The summed E-state index contributed by atoms with van der Waals surface area (Å²) in [7, 11) is 0. The molecule has 1 aromatic heterocycles. The van der Waals surface area contributed by atoms with Crippen LogP contribution >= 0.6 is 0 Å². The number of benzene rings is 1. The standard InChI is InChI=1S/C16H20N2O3/c1-3-17-16(20)11(2)21-15(19)9-8-12-10-18-14-7-5-4-6-13(12)14/h4-7,10-11,18H,3,8-9H2,1-2H3,(H,17,20)/t11-/m0/s1. The molecule has 1 amide bonds. The van der Waals surface area contributed by atoms with Crippen molar-refractivity contribution in [2.75, 3.05) is 6.54 Å². The van der Waals surface area contributed by atoms with Crippen molar-refractivity contribution >= 4 is 22.8 Å². The molecule has 0 spiro atoms. The average Bonchev–Trinajstić information content (AvgIpc) is 2.88. The third-order valence-corrected chi connectivity index (χ3v) is 3.30. The summed E-state index contributed by atoms with van der Waals surface area (Å²) in [4.78, 5) is 26.4. The number of aryl methyl sites for hydroxylation is 1. The van der Waals surface area contributed by atoms with Crippen molar-refractivity contribution < 1.29 is 14.3 Å². The minimum absolute atomic E-state index is 0.256. The largest absolute Gasteiger partial charge is 0.453 e. The van der Waals surface area contributed by atoms with E-state index < -0.39 is 6.10 Å². The zero-order chi connectivity index (χ0) is 15.2. The fourth-order valence-corrected chi connectivity index (χ4v) is 2.20. The number of H-pyrrole nitrogens is 1. The Kier molecular flexibility index (Phi) is 4.98. The quantitative estimate of drug-likeness (QED) is 0.800. The molecule has 2 aromatic rings. The molecule has 1 heterocycles. The van der Waals surface area contributed by atoms with Crippen LogP contribution in [0.15, 0.2) is 30.5 Å². The molecule has 1 atom stereocenters. The van der Waals surface area contributed by atoms with Gasteiger partial charge in [0.2, 0.25) is 0 Å². The molecule has 5 nitrogen and oxygen atoms in total. The van der Waals surface area contributed by atoms with E-state index in [1.54, 1.807) is 6.92 Å². The number of nitrogens with one attached hydrogen (secondary N) is 2. The van der Waals surface area contributed by atoms with Crippen molar-refractivity contribution in [3.8, 4) is 0 Å². The third kappa shape index (κ3) is 3.84. The van der Waals surface area contributed by atoms with Crippen LogP contribution in [0.3, 0.4) is 0 Å². The van der Waals surface area contributed by atoms with E-state index in [0.717, 1.165) is 16.5 Å². The minimum atomic E-state index is -0.750. The topological polar surface area (TPSA) is 71.2 Å². The first-order chi connectivity index (χ1) is 10.1. The molecule has 0 bridgehead atoms. The van der Waals surface area contributed by atoms with Crippen LogP contribution in [0.25, 0.3) is 10.9 Å². The smallest absolute Gasteiger partial charge is 0.306 e. The van der Waals surface area contributed by atoms with Crippen LogP contribution in [0.5, 0.6) is 0 Å². The summed E-state index contributed by atoms with van der Waals surface area (Å²) in [5.41, 5.74) is 2.13. The number of ether oxygens (including phenoxy) is 1. The van der Waals surface area contributed by atoms with Crippen LogP contribution in [0.2, 0.25) is 0 Å². The Morgan fingerprint density at radius 3 is 2.86 bits per heavy atom. The predicted octanol–water partition coefficient (Wildman–Crippen LogP) is 2.17. The maximum Gasteiger partial charge on any atom is 0.306 e. The van der Waals surface area contributed by atoms with E-state index in [1.165, 1.54) is 0 Å². The Morgan fingerprint density at radius 2 is 2.10 bits per heavy atom. The van der Waals surface area contributed by atoms with E-state index in [9.17, 15) is 9.59 Å². The molecule has 0 saturated heterocycles. The van der Waals surface area contributed by atoms with Crippen molar-refractivity contribution in [1.82, 2.24) is 10.3 Å². The van der Waals surface area contributed by atoms with Gasteiger partial charge in [-0.3, -0.25) is 9.59 Å². The summed E-state index contributed by atoms with van der Waals surface area (Å²) in [5, 5.41) is 3.74. The van der Waals surface area contributed by atoms with Crippen molar-refractivity contribution in [3.63, 3.8) is 0 Å². The maximum atomic E-state index is 11.8. The molecule has 0 aliphatic rings. The molecule has 0 fully saturated rings. The Bertz CT molecular complexity index is 633. The summed E-state index contributed by atoms with van der Waals surface area (Å²) in [6, 6.07) is 7.94. The molecular weight excluding hydrogens is 268 g/mol. The summed E-state index contributed by atoms with van der Waals surface area (Å²) >= 11 is 0. The van der Waals surface area contributed by atoms with E-state index in [1.807, 2.05) is 37.4 Å². The summed E-state index contributed by atoms with van der Waals surface area (Å²) in [5.74, 6) is -0.628. The van der Waals surface area contributed by atoms with Gasteiger partial charge in [-0.2, -0.15) is 0 Å². The highest BCUT2D eigenvalue weighted by molar-refractivity contribution is 5.85. The van der Waals surface area contributed by atoms with Gasteiger partial charge >= 0.3 is 5.97 Å². The molecule has 2 rings (SSSR count). The molecule has 112 valence electrons. The molecule has 0 aliphatic heterocycles. The van der Waals surface area contributed by atoms with E-state index >= 15 is 0 Å². The Morgan fingerprint density at radius 1 is 1.33 bits per heavy atom. The fourth-order valence-electron chi connectivity index (χ4n) is 2.20. The first-order valence-corrected chi connectivity index (χ1v) is 7.14. The van der Waals surface area contributed by atoms with Gasteiger partial charge in [0.05, 0.1) is 0 Å². The van der Waals surface area contributed by atoms with Crippen LogP contribution in [0, 0.1) is 0 Å². The van der Waals surface area contributed by atoms with Gasteiger partial charge in [-0.1, -0.05) is 18.2 Å². The molecule has 0 aliphatic carbocycles. The number of fused-ring (bicyclic) bond motifs is 1. The number of hydrogen-bond donors (Lipinski definition) is 2. The Hall–Kier alpha value is -2.30. The molecule has 21 heavy (non-hydrogen) atoms. The molecule has 2 N–H and O–H groups in total. The number of rotatable bonds is 6. The van der Waals surface area contributed by atoms with Crippen molar-refractivity contribution in [2.24, 2.45) is 0 Å². The summed E-state index contributed by atoms with van der Waals surface area (Å²) in [6.45, 7) is 3.92. The van der Waals surface area contributed by atoms with Gasteiger partial charge in [-0.05, 0) is 31.9 Å². The Balaban J connectivity index is 1.88. The minimum Gasteiger partial charge on any atom is -0.453 e. The normalized spacial score (nSPS) is 12.1. The second-order valence-electron chi connectivity index (χ2n) is 4.89. The van der Waals surface area contributed by atoms with Gasteiger partial charge in [-0.15, -0.1) is 0 Å². The highest BCUT2D eigenvalue weighted by atomic mass is 16.5. The first-order valence-electron chi connectivity index (χ1n) is 7.14. The number of carbonyl (C=O) groups is 2. The van der Waals surface area contributed by atoms with E-state index in [-0.39, 0.29) is 18.3 Å². The Labute approximate surface area is 123 Å². The molecule has 5 heteroatoms. The van der Waals surface area contributed by atoms with Crippen LogP contribution in [0.1, 0.15) is 25.8 Å². The lowest BCUT2D eigenvalue weighted by Gasteiger charge is -2.12. The summed E-state index contributed by atoms with van der Waals surface area (Å²) in [6.07, 6.45) is 2.00. The number of para-hydroxylation sites is 1. The lowest BCUT2D eigenvalue weighted by atomic mass is 10.1. The number of esters is 1. The number of aromatic nitrogens is 1. The van der Waals surface area contributed by atoms with Gasteiger partial charge in [0.25, 0.3) is 5.91 Å². The van der Waals surface area contributed by atoms with E-state index in [0.29, 0.717) is 13.0 Å². The third-order valence-electron chi connectivity index (χ3n) is 3.30. The number of carbonyl (C=O) groups excluding carboxylic acids is 2. The molecule has 0 radical (unpaired) electrons. The number of hydrogen-bond acceptors (Lipinski definition) is 3. The van der Waals surface area contributed by atoms with Gasteiger partial charge in [0, 0.05) is 30.1 Å². The summed E-state index contributed by atoms with van der Waals surface area (Å²) < 4.78 is 5.11. The monoisotopic (exact) mass is 288 g/mol. The molecule has 0 saturated carbocycles. The van der Waals surface area contributed by atoms with Crippen LogP contribution in [-0.2, 0) is 20.7 Å². The van der Waals surface area contributed by atoms with Crippen LogP contribution in [-0.4, -0.2) is 29.5 Å². The maximum absolute atomic E-state index is 11.8.